The molecule has 0 fully saturated rings. The molecule has 2 aromatic carbocycles. The number of phenols is 3. The van der Waals surface area contributed by atoms with Crippen molar-refractivity contribution in [1.82, 2.24) is 0 Å². The first kappa shape index (κ1) is 38.9. The third-order valence-corrected chi connectivity index (χ3v) is 9.77. The smallest absolute Gasteiger partial charge is 0.312 e. The minimum absolute atomic E-state index is 0.0913. The van der Waals surface area contributed by atoms with Gasteiger partial charge in [0, 0.05) is 61.7 Å². The molecule has 0 aliphatic carbocycles. The third kappa shape index (κ3) is 7.30. The number of aromatic hydroxyl groups is 3. The monoisotopic (exact) mass is 711 g/mol. The summed E-state index contributed by atoms with van der Waals surface area (Å²) in [7, 11) is 1.41. The van der Waals surface area contributed by atoms with E-state index in [1.165, 1.54) is 46.1 Å². The summed E-state index contributed by atoms with van der Waals surface area (Å²) in [5.41, 5.74) is -1.29. The molecule has 1 amide bonds. The quantitative estimate of drug-likeness (QED) is 0.114. The molecule has 0 saturated heterocycles. The van der Waals surface area contributed by atoms with Gasteiger partial charge in [-0.2, -0.15) is 0 Å². The molecular weight excluding hydrogens is 666 g/mol. The van der Waals surface area contributed by atoms with Crippen LogP contribution in [0, 0.1) is 23.7 Å². The van der Waals surface area contributed by atoms with Crippen LogP contribution in [0.3, 0.4) is 0 Å². The molecule has 0 unspecified atom stereocenters. The number of amides is 1. The zero-order valence-electron chi connectivity index (χ0n) is 29.7. The van der Waals surface area contributed by atoms with Crippen molar-refractivity contribution in [2.75, 3.05) is 12.4 Å². The molecular formula is C37H45NO13. The molecule has 5 rings (SSSR count). The van der Waals surface area contributed by atoms with E-state index >= 15 is 0 Å². The molecule has 14 nitrogen and oxygen atoms in total. The molecule has 3 aliphatic rings. The van der Waals surface area contributed by atoms with E-state index < -0.39 is 111 Å². The minimum atomic E-state index is -2.07. The van der Waals surface area contributed by atoms with Crippen molar-refractivity contribution in [3.8, 4) is 23.0 Å². The first-order chi connectivity index (χ1) is 23.9. The summed E-state index contributed by atoms with van der Waals surface area (Å²) in [5, 5.41) is 57.6. The van der Waals surface area contributed by atoms with E-state index in [0.29, 0.717) is 0 Å². The molecule has 0 saturated carbocycles. The fraction of sp³-hybridized carbons (Fsp3) is 0.459. The zero-order valence-corrected chi connectivity index (χ0v) is 29.7. The lowest BCUT2D eigenvalue weighted by atomic mass is 9.78. The van der Waals surface area contributed by atoms with Crippen LogP contribution in [-0.4, -0.2) is 86.8 Å². The standard InChI is InChI=1S/C37H45NO13/c1-16-10-9-11-17(2)36(47)38-29-22(15-39)32(44)28-26(33(29)45)23(41)14-25-27(28)35(46)37(7,51-25)49-13-12-24(48-8)18(3)34(50-21(6)40)20(5)31(43)19(4)30(16)42/h9-16,18-20,24,30-31,34,41-45H,1-8H3,(H,38,47)/t16-,18+,19+,20+,24-,30-,31+,34+,37-/m0/s1. The number of methoxy groups -OCH3 is 1. The van der Waals surface area contributed by atoms with Gasteiger partial charge in [-0.15, -0.1) is 0 Å². The maximum atomic E-state index is 13.9. The average Bonchev–Trinajstić information content (AvgIpc) is 3.33. The van der Waals surface area contributed by atoms with E-state index in [9.17, 15) is 44.7 Å². The summed E-state index contributed by atoms with van der Waals surface area (Å²) in [4.78, 5) is 51.5. The molecule has 3 heterocycles. The van der Waals surface area contributed by atoms with Crippen molar-refractivity contribution in [2.24, 2.45) is 23.7 Å². The number of aliphatic hydroxyl groups excluding tert-OH is 2. The second-order valence-electron chi connectivity index (χ2n) is 13.3. The molecule has 14 heteroatoms. The molecule has 3 aliphatic heterocycles. The predicted molar refractivity (Wildman–Crippen MR) is 184 cm³/mol. The highest BCUT2D eigenvalue weighted by atomic mass is 16.7. The Labute approximate surface area is 295 Å². The Morgan fingerprint density at radius 3 is 2.25 bits per heavy atom. The van der Waals surface area contributed by atoms with Gasteiger partial charge in [-0.25, -0.2) is 0 Å². The van der Waals surface area contributed by atoms with E-state index in [2.05, 4.69) is 5.32 Å². The van der Waals surface area contributed by atoms with Gasteiger partial charge in [0.1, 0.15) is 23.4 Å². The van der Waals surface area contributed by atoms with Crippen LogP contribution < -0.4 is 10.1 Å². The molecule has 0 aromatic heterocycles. The van der Waals surface area contributed by atoms with Gasteiger partial charge < -0.3 is 49.8 Å². The lowest BCUT2D eigenvalue weighted by molar-refractivity contribution is -0.160. The maximum Gasteiger partial charge on any atom is 0.312 e. The highest BCUT2D eigenvalue weighted by Crippen LogP contribution is 2.53. The summed E-state index contributed by atoms with van der Waals surface area (Å²) in [6.45, 7) is 10.8. The molecule has 2 aromatic rings. The van der Waals surface area contributed by atoms with Crippen LogP contribution in [0.4, 0.5) is 5.69 Å². The number of ketones is 1. The summed E-state index contributed by atoms with van der Waals surface area (Å²) in [6, 6.07) is 1.03. The normalized spacial score (nSPS) is 30.4. The lowest BCUT2D eigenvalue weighted by Crippen LogP contribution is -2.46. The number of allylic oxidation sites excluding steroid dienone is 2. The SMILES string of the molecule is CO[C@H]1C=CO[C@@]2(C)Oc3cc(O)c4c(O)c(c(C=O)c(O)c4c3C2=O)NC(=O)C(C)=CC=C[C@H](C)[C@H](O)[C@@H](C)[C@@H](O)[C@@H](C)[C@H](OC(C)=O)[C@@H]1C. The third-order valence-electron chi connectivity index (χ3n) is 9.77. The number of esters is 1. The Morgan fingerprint density at radius 1 is 0.980 bits per heavy atom. The molecule has 0 spiro atoms. The van der Waals surface area contributed by atoms with Gasteiger partial charge in [0.15, 0.2) is 12.0 Å². The number of aliphatic hydroxyl groups is 2. The predicted octanol–water partition coefficient (Wildman–Crippen LogP) is 4.26. The van der Waals surface area contributed by atoms with E-state index in [1.54, 1.807) is 33.8 Å². The van der Waals surface area contributed by atoms with Gasteiger partial charge in [0.25, 0.3) is 11.7 Å². The highest BCUT2D eigenvalue weighted by molar-refractivity contribution is 6.23. The van der Waals surface area contributed by atoms with Crippen molar-refractivity contribution in [1.29, 1.82) is 0 Å². The van der Waals surface area contributed by atoms with Crippen molar-refractivity contribution < 1.29 is 63.7 Å². The first-order valence-electron chi connectivity index (χ1n) is 16.4. The number of anilines is 1. The Bertz CT molecular complexity index is 1810. The number of phenolic OH excluding ortho intramolecular Hbond substituents is 3. The Hall–Kier alpha value is -4.92. The number of rotatable bonds is 3. The van der Waals surface area contributed by atoms with Gasteiger partial charge in [0.2, 0.25) is 0 Å². The van der Waals surface area contributed by atoms with Crippen LogP contribution in [0.1, 0.15) is 69.2 Å². The van der Waals surface area contributed by atoms with Crippen molar-refractivity contribution in [3.05, 3.63) is 53.3 Å². The number of hydrogen-bond donors (Lipinski definition) is 6. The second kappa shape index (κ2) is 15.1. The van der Waals surface area contributed by atoms with Gasteiger partial charge in [0.05, 0.1) is 46.8 Å². The molecule has 51 heavy (non-hydrogen) atoms. The van der Waals surface area contributed by atoms with Crippen molar-refractivity contribution >= 4 is 40.4 Å². The number of benzene rings is 2. The summed E-state index contributed by atoms with van der Waals surface area (Å²) in [6.07, 6.45) is 3.38. The first-order valence-corrected chi connectivity index (χ1v) is 16.4. The minimum Gasteiger partial charge on any atom is -0.507 e. The fourth-order valence-electron chi connectivity index (χ4n) is 6.65. The molecule has 9 atom stereocenters. The van der Waals surface area contributed by atoms with E-state index in [-0.39, 0.29) is 23.2 Å². The number of carbonyl (C=O) groups is 4. The molecule has 276 valence electrons. The van der Waals surface area contributed by atoms with Crippen LogP contribution in [-0.2, 0) is 23.8 Å². The summed E-state index contributed by atoms with van der Waals surface area (Å²) in [5.74, 6) is -9.29. The number of hydrogen-bond acceptors (Lipinski definition) is 13. The van der Waals surface area contributed by atoms with Crippen LogP contribution in [0.2, 0.25) is 0 Å². The number of aldehydes is 1. The average molecular weight is 712 g/mol. The number of Topliss-reactive ketones (excluding diaryl/α,β-unsaturated/α-hetero) is 1. The Kier molecular flexibility index (Phi) is 11.5. The van der Waals surface area contributed by atoms with Gasteiger partial charge >= 0.3 is 11.8 Å². The van der Waals surface area contributed by atoms with Crippen LogP contribution in [0.5, 0.6) is 23.0 Å². The second-order valence-corrected chi connectivity index (χ2v) is 13.3. The highest BCUT2D eigenvalue weighted by Gasteiger charge is 2.49. The number of ether oxygens (including phenoxy) is 4. The summed E-state index contributed by atoms with van der Waals surface area (Å²) >= 11 is 0. The lowest BCUT2D eigenvalue weighted by Gasteiger charge is -2.38. The van der Waals surface area contributed by atoms with Gasteiger partial charge in [-0.3, -0.25) is 19.2 Å². The van der Waals surface area contributed by atoms with Crippen LogP contribution in [0.15, 0.2) is 42.2 Å². The topological polar surface area (TPSA) is 218 Å². The van der Waals surface area contributed by atoms with Crippen molar-refractivity contribution in [3.63, 3.8) is 0 Å². The van der Waals surface area contributed by atoms with E-state index in [4.69, 9.17) is 18.9 Å². The van der Waals surface area contributed by atoms with Crippen LogP contribution in [0.25, 0.3) is 10.8 Å². The van der Waals surface area contributed by atoms with Gasteiger partial charge in [-0.1, -0.05) is 45.9 Å². The molecule has 6 N–H and O–H groups in total. The number of nitrogens with one attached hydrogen (secondary N) is 1. The molecule has 5 bridgehead atoms. The van der Waals surface area contributed by atoms with Crippen molar-refractivity contribution in [2.45, 2.75) is 78.7 Å². The van der Waals surface area contributed by atoms with Gasteiger partial charge in [-0.05, 0) is 13.0 Å². The fourth-order valence-corrected chi connectivity index (χ4v) is 6.65. The summed E-state index contributed by atoms with van der Waals surface area (Å²) < 4.78 is 22.9. The van der Waals surface area contributed by atoms with Crippen LogP contribution >= 0.6 is 0 Å². The van der Waals surface area contributed by atoms with E-state index in [0.717, 1.165) is 12.3 Å². The Morgan fingerprint density at radius 2 is 1.65 bits per heavy atom. The van der Waals surface area contributed by atoms with E-state index in [1.807, 2.05) is 0 Å². The Balaban J connectivity index is 1.90. The maximum absolute atomic E-state index is 13.9. The number of carbonyl (C=O) groups excluding carboxylic acids is 4. The largest absolute Gasteiger partial charge is 0.507 e. The zero-order chi connectivity index (χ0) is 38.1. The number of fused-ring (bicyclic) bond motifs is 14. The molecule has 0 radical (unpaired) electrons.